The van der Waals surface area contributed by atoms with Crippen LogP contribution in [-0.4, -0.2) is 58.9 Å². The lowest BCUT2D eigenvalue weighted by Crippen LogP contribution is -2.62. The molecular formula is C10H13N3O5. The van der Waals surface area contributed by atoms with E-state index < -0.39 is 29.9 Å². The summed E-state index contributed by atoms with van der Waals surface area (Å²) in [5.41, 5.74) is 0. The van der Waals surface area contributed by atoms with Gasteiger partial charge in [0.1, 0.15) is 18.6 Å². The molecule has 0 bridgehead atoms. The number of piperazine rings is 1. The maximum absolute atomic E-state index is 12.1. The summed E-state index contributed by atoms with van der Waals surface area (Å²) >= 11 is 0. The number of carbonyl (C=O) groups excluding carboxylic acids is 3. The van der Waals surface area contributed by atoms with Gasteiger partial charge in [-0.25, -0.2) is 4.79 Å². The number of rotatable bonds is 2. The molecule has 98 valence electrons. The Hall–Kier alpha value is -2.12. The van der Waals surface area contributed by atoms with E-state index in [1.54, 1.807) is 0 Å². The summed E-state index contributed by atoms with van der Waals surface area (Å²) in [6.07, 6.45) is 0.580. The minimum Gasteiger partial charge on any atom is -0.480 e. The van der Waals surface area contributed by atoms with Gasteiger partial charge in [0.05, 0.1) is 0 Å². The van der Waals surface area contributed by atoms with E-state index >= 15 is 0 Å². The highest BCUT2D eigenvalue weighted by Crippen LogP contribution is 2.13. The van der Waals surface area contributed by atoms with E-state index in [-0.39, 0.29) is 25.4 Å². The molecule has 2 atom stereocenters. The molecule has 3 N–H and O–H groups in total. The average molecular weight is 255 g/mol. The smallest absolute Gasteiger partial charge is 0.328 e. The Balaban J connectivity index is 2.12. The van der Waals surface area contributed by atoms with Crippen LogP contribution in [0.3, 0.4) is 0 Å². The van der Waals surface area contributed by atoms with Crippen LogP contribution >= 0.6 is 0 Å². The molecule has 0 saturated carbocycles. The van der Waals surface area contributed by atoms with E-state index in [0.29, 0.717) is 6.42 Å². The fourth-order valence-electron chi connectivity index (χ4n) is 2.09. The molecule has 3 amide bonds. The predicted molar refractivity (Wildman–Crippen MR) is 57.3 cm³/mol. The predicted octanol–water partition coefficient (Wildman–Crippen LogP) is -2.32. The minimum atomic E-state index is -1.17. The maximum atomic E-state index is 12.1. The first-order valence-corrected chi connectivity index (χ1v) is 5.58. The van der Waals surface area contributed by atoms with Crippen LogP contribution in [0.2, 0.25) is 0 Å². The summed E-state index contributed by atoms with van der Waals surface area (Å²) < 4.78 is 0. The first kappa shape index (κ1) is 12.3. The molecule has 0 aliphatic carbocycles. The van der Waals surface area contributed by atoms with Crippen LogP contribution in [0.5, 0.6) is 0 Å². The van der Waals surface area contributed by atoms with Gasteiger partial charge in [-0.3, -0.25) is 14.4 Å². The largest absolute Gasteiger partial charge is 0.480 e. The Morgan fingerprint density at radius 1 is 1.28 bits per heavy atom. The standard InChI is InChI=1S/C10H13N3O5/c14-7-2-1-5(12-7)9(16)13-4-8(15)11-3-6(13)10(17)18/h5-6H,1-4H2,(H,11,15)(H,12,14)(H,17,18). The lowest BCUT2D eigenvalue weighted by molar-refractivity contribution is -0.154. The van der Waals surface area contributed by atoms with Crippen LogP contribution < -0.4 is 10.6 Å². The van der Waals surface area contributed by atoms with Crippen LogP contribution in [-0.2, 0) is 19.2 Å². The van der Waals surface area contributed by atoms with Gasteiger partial charge in [-0.1, -0.05) is 0 Å². The van der Waals surface area contributed by atoms with Gasteiger partial charge < -0.3 is 20.6 Å². The Morgan fingerprint density at radius 2 is 2.00 bits per heavy atom. The molecule has 0 spiro atoms. The monoisotopic (exact) mass is 255 g/mol. The van der Waals surface area contributed by atoms with E-state index in [0.717, 1.165) is 4.90 Å². The topological polar surface area (TPSA) is 116 Å². The minimum absolute atomic E-state index is 0.111. The summed E-state index contributed by atoms with van der Waals surface area (Å²) in [5.74, 6) is -2.32. The molecule has 2 aliphatic rings. The van der Waals surface area contributed by atoms with Gasteiger partial charge in [0.15, 0.2) is 0 Å². The van der Waals surface area contributed by atoms with E-state index in [1.807, 2.05) is 0 Å². The van der Waals surface area contributed by atoms with Crippen molar-refractivity contribution in [3.8, 4) is 0 Å². The van der Waals surface area contributed by atoms with Crippen molar-refractivity contribution >= 4 is 23.7 Å². The number of carboxylic acids is 1. The van der Waals surface area contributed by atoms with Crippen molar-refractivity contribution in [3.63, 3.8) is 0 Å². The Morgan fingerprint density at radius 3 is 2.56 bits per heavy atom. The normalized spacial score (nSPS) is 27.7. The van der Waals surface area contributed by atoms with Crippen molar-refractivity contribution in [1.82, 2.24) is 15.5 Å². The molecule has 0 aromatic rings. The van der Waals surface area contributed by atoms with Crippen LogP contribution in [0.4, 0.5) is 0 Å². The third-order valence-corrected chi connectivity index (χ3v) is 3.04. The van der Waals surface area contributed by atoms with E-state index in [2.05, 4.69) is 10.6 Å². The van der Waals surface area contributed by atoms with Gasteiger partial charge in [0.25, 0.3) is 0 Å². The average Bonchev–Trinajstić information content (AvgIpc) is 2.74. The summed E-state index contributed by atoms with van der Waals surface area (Å²) in [6, 6.07) is -1.79. The number of aliphatic carboxylic acids is 1. The molecular weight excluding hydrogens is 242 g/mol. The molecule has 2 unspecified atom stereocenters. The fourth-order valence-corrected chi connectivity index (χ4v) is 2.09. The van der Waals surface area contributed by atoms with Gasteiger partial charge >= 0.3 is 5.97 Å². The summed E-state index contributed by atoms with van der Waals surface area (Å²) in [6.45, 7) is -0.400. The van der Waals surface area contributed by atoms with Gasteiger partial charge in [-0.15, -0.1) is 0 Å². The molecule has 18 heavy (non-hydrogen) atoms. The van der Waals surface area contributed by atoms with Gasteiger partial charge in [-0.05, 0) is 6.42 Å². The molecule has 8 heteroatoms. The van der Waals surface area contributed by atoms with Crippen LogP contribution in [0.1, 0.15) is 12.8 Å². The highest BCUT2D eigenvalue weighted by molar-refractivity contribution is 5.96. The van der Waals surface area contributed by atoms with E-state index in [4.69, 9.17) is 5.11 Å². The number of carbonyl (C=O) groups is 4. The lowest BCUT2D eigenvalue weighted by atomic mass is 10.1. The van der Waals surface area contributed by atoms with Crippen LogP contribution in [0, 0.1) is 0 Å². The van der Waals surface area contributed by atoms with Crippen molar-refractivity contribution in [3.05, 3.63) is 0 Å². The zero-order valence-electron chi connectivity index (χ0n) is 9.51. The Bertz CT molecular complexity index is 422. The first-order chi connectivity index (χ1) is 8.49. The third kappa shape index (κ3) is 2.27. The number of amides is 3. The molecule has 0 aromatic carbocycles. The van der Waals surface area contributed by atoms with Crippen LogP contribution in [0.15, 0.2) is 0 Å². The third-order valence-electron chi connectivity index (χ3n) is 3.04. The first-order valence-electron chi connectivity index (χ1n) is 5.58. The number of hydrogen-bond acceptors (Lipinski definition) is 4. The lowest BCUT2D eigenvalue weighted by Gasteiger charge is -2.34. The molecule has 2 aliphatic heterocycles. The maximum Gasteiger partial charge on any atom is 0.328 e. The zero-order valence-corrected chi connectivity index (χ0v) is 9.51. The fraction of sp³-hybridized carbons (Fsp3) is 0.600. The highest BCUT2D eigenvalue weighted by Gasteiger charge is 2.39. The molecule has 2 fully saturated rings. The van der Waals surface area contributed by atoms with Gasteiger partial charge in [0, 0.05) is 13.0 Å². The highest BCUT2D eigenvalue weighted by atomic mass is 16.4. The van der Waals surface area contributed by atoms with Crippen molar-refractivity contribution < 1.29 is 24.3 Å². The van der Waals surface area contributed by atoms with Crippen molar-refractivity contribution in [2.75, 3.05) is 13.1 Å². The van der Waals surface area contributed by atoms with Gasteiger partial charge in [-0.2, -0.15) is 0 Å². The van der Waals surface area contributed by atoms with Crippen LogP contribution in [0.25, 0.3) is 0 Å². The molecule has 0 radical (unpaired) electrons. The van der Waals surface area contributed by atoms with Gasteiger partial charge in [0.2, 0.25) is 17.7 Å². The Kier molecular flexibility index (Phi) is 3.17. The second-order valence-electron chi connectivity index (χ2n) is 4.28. The Labute approximate surface area is 102 Å². The number of hydrogen-bond donors (Lipinski definition) is 3. The summed E-state index contributed by atoms with van der Waals surface area (Å²) in [7, 11) is 0. The van der Waals surface area contributed by atoms with Crippen molar-refractivity contribution in [2.24, 2.45) is 0 Å². The SMILES string of the molecule is O=C1CN(C(=O)C2CCC(=O)N2)C(C(=O)O)CN1. The zero-order chi connectivity index (χ0) is 13.3. The van der Waals surface area contributed by atoms with Crippen molar-refractivity contribution in [1.29, 1.82) is 0 Å². The quantitative estimate of drug-likeness (QED) is 0.512. The summed E-state index contributed by atoms with van der Waals surface area (Å²) in [5, 5.41) is 13.9. The molecule has 2 heterocycles. The number of carboxylic acid groups (broad SMARTS) is 1. The second-order valence-corrected chi connectivity index (χ2v) is 4.28. The number of nitrogens with zero attached hydrogens (tertiary/aromatic N) is 1. The van der Waals surface area contributed by atoms with Crippen molar-refractivity contribution in [2.45, 2.75) is 24.9 Å². The molecule has 2 saturated heterocycles. The van der Waals surface area contributed by atoms with E-state index in [9.17, 15) is 19.2 Å². The number of nitrogens with one attached hydrogen (secondary N) is 2. The second kappa shape index (κ2) is 4.63. The van der Waals surface area contributed by atoms with E-state index in [1.165, 1.54) is 0 Å². The molecule has 0 aromatic heterocycles. The summed E-state index contributed by atoms with van der Waals surface area (Å²) in [4.78, 5) is 46.4. The molecule has 8 nitrogen and oxygen atoms in total. The molecule has 2 rings (SSSR count).